The molecule has 0 spiro atoms. The van der Waals surface area contributed by atoms with Crippen molar-refractivity contribution < 1.29 is 4.79 Å². The van der Waals surface area contributed by atoms with E-state index in [0.717, 1.165) is 25.3 Å². The van der Waals surface area contributed by atoms with Crippen molar-refractivity contribution in [3.05, 3.63) is 29.6 Å². The van der Waals surface area contributed by atoms with Crippen LogP contribution in [0.4, 0.5) is 0 Å². The number of hydrogen-bond donors (Lipinski definition) is 1. The molecule has 2 fully saturated rings. The Morgan fingerprint density at radius 2 is 2.33 bits per heavy atom. The van der Waals surface area contributed by atoms with Crippen LogP contribution in [0.5, 0.6) is 0 Å². The first-order valence-electron chi connectivity index (χ1n) is 6.70. The van der Waals surface area contributed by atoms with Gasteiger partial charge in [0.15, 0.2) is 0 Å². The maximum atomic E-state index is 12.4. The third-order valence-electron chi connectivity index (χ3n) is 3.99. The van der Waals surface area contributed by atoms with Gasteiger partial charge in [0.1, 0.15) is 5.69 Å². The molecule has 0 saturated carbocycles. The van der Waals surface area contributed by atoms with Crippen LogP contribution in [0.15, 0.2) is 18.2 Å². The summed E-state index contributed by atoms with van der Waals surface area (Å²) in [6.07, 6.45) is 2.47. The monoisotopic (exact) mass is 245 g/mol. The van der Waals surface area contributed by atoms with Crippen LogP contribution >= 0.6 is 0 Å². The SMILES string of the molecule is Cc1cccc(C(=O)N2CC3CCCNC3C2)n1. The van der Waals surface area contributed by atoms with Gasteiger partial charge in [-0.2, -0.15) is 0 Å². The fraction of sp³-hybridized carbons (Fsp3) is 0.571. The molecule has 4 heteroatoms. The van der Waals surface area contributed by atoms with E-state index in [1.807, 2.05) is 30.0 Å². The van der Waals surface area contributed by atoms with Crippen molar-refractivity contribution >= 4 is 5.91 Å². The summed E-state index contributed by atoms with van der Waals surface area (Å²) >= 11 is 0. The number of pyridine rings is 1. The zero-order valence-corrected chi connectivity index (χ0v) is 10.7. The van der Waals surface area contributed by atoms with Crippen LogP contribution in [0.3, 0.4) is 0 Å². The van der Waals surface area contributed by atoms with E-state index < -0.39 is 0 Å². The summed E-state index contributed by atoms with van der Waals surface area (Å²) in [6, 6.07) is 6.12. The van der Waals surface area contributed by atoms with Crippen LogP contribution in [-0.4, -0.2) is 41.5 Å². The molecular formula is C14H19N3O. The van der Waals surface area contributed by atoms with Gasteiger partial charge in [-0.25, -0.2) is 4.98 Å². The molecule has 0 radical (unpaired) electrons. The van der Waals surface area contributed by atoms with Gasteiger partial charge in [0.05, 0.1) is 0 Å². The predicted octanol–water partition coefficient (Wildman–Crippen LogP) is 1.21. The van der Waals surface area contributed by atoms with E-state index in [1.54, 1.807) is 0 Å². The highest BCUT2D eigenvalue weighted by Crippen LogP contribution is 2.25. The molecule has 0 bridgehead atoms. The van der Waals surface area contributed by atoms with Crippen molar-refractivity contribution in [3.8, 4) is 0 Å². The number of nitrogens with zero attached hydrogens (tertiary/aromatic N) is 2. The molecule has 2 unspecified atom stereocenters. The number of hydrogen-bond acceptors (Lipinski definition) is 3. The number of rotatable bonds is 1. The minimum absolute atomic E-state index is 0.0786. The van der Waals surface area contributed by atoms with Gasteiger partial charge < -0.3 is 10.2 Å². The van der Waals surface area contributed by atoms with Crippen molar-refractivity contribution in [2.75, 3.05) is 19.6 Å². The largest absolute Gasteiger partial charge is 0.335 e. The van der Waals surface area contributed by atoms with Crippen molar-refractivity contribution in [2.45, 2.75) is 25.8 Å². The second-order valence-electron chi connectivity index (χ2n) is 5.34. The molecule has 0 aromatic carbocycles. The average molecular weight is 245 g/mol. The molecule has 1 N–H and O–H groups in total. The van der Waals surface area contributed by atoms with Crippen LogP contribution in [0.25, 0.3) is 0 Å². The summed E-state index contributed by atoms with van der Waals surface area (Å²) in [7, 11) is 0. The molecule has 1 amide bonds. The number of nitrogens with one attached hydrogen (secondary N) is 1. The highest BCUT2D eigenvalue weighted by molar-refractivity contribution is 5.92. The van der Waals surface area contributed by atoms with E-state index in [1.165, 1.54) is 12.8 Å². The zero-order chi connectivity index (χ0) is 12.5. The molecule has 0 aliphatic carbocycles. The third kappa shape index (κ3) is 2.12. The van der Waals surface area contributed by atoms with Gasteiger partial charge in [0.25, 0.3) is 5.91 Å². The van der Waals surface area contributed by atoms with Crippen LogP contribution in [0.1, 0.15) is 29.0 Å². The molecular weight excluding hydrogens is 226 g/mol. The summed E-state index contributed by atoms with van der Waals surface area (Å²) in [5.41, 5.74) is 1.48. The summed E-state index contributed by atoms with van der Waals surface area (Å²) in [5, 5.41) is 3.51. The van der Waals surface area contributed by atoms with Crippen molar-refractivity contribution in [1.29, 1.82) is 0 Å². The number of carbonyl (C=O) groups excluding carboxylic acids is 1. The molecule has 3 heterocycles. The van der Waals surface area contributed by atoms with Gasteiger partial charge in [-0.3, -0.25) is 4.79 Å². The van der Waals surface area contributed by atoms with Gasteiger partial charge in [-0.15, -0.1) is 0 Å². The molecule has 2 aliphatic heterocycles. The molecule has 3 rings (SSSR count). The smallest absolute Gasteiger partial charge is 0.272 e. The lowest BCUT2D eigenvalue weighted by molar-refractivity contribution is 0.0779. The second kappa shape index (κ2) is 4.69. The Labute approximate surface area is 107 Å². The highest BCUT2D eigenvalue weighted by atomic mass is 16.2. The first-order chi connectivity index (χ1) is 8.74. The highest BCUT2D eigenvalue weighted by Gasteiger charge is 2.36. The Bertz CT molecular complexity index is 446. The predicted molar refractivity (Wildman–Crippen MR) is 69.4 cm³/mol. The standard InChI is InChI=1S/C14H19N3O/c1-10-4-2-6-12(16-10)14(18)17-8-11-5-3-7-15-13(11)9-17/h2,4,6,11,13,15H,3,5,7-9H2,1H3. The fourth-order valence-corrected chi connectivity index (χ4v) is 3.04. The average Bonchev–Trinajstić information content (AvgIpc) is 2.81. The van der Waals surface area contributed by atoms with E-state index in [0.29, 0.717) is 17.7 Å². The normalized spacial score (nSPS) is 27.1. The lowest BCUT2D eigenvalue weighted by Gasteiger charge is -2.24. The van der Waals surface area contributed by atoms with Gasteiger partial charge >= 0.3 is 0 Å². The topological polar surface area (TPSA) is 45.2 Å². The molecule has 18 heavy (non-hydrogen) atoms. The maximum Gasteiger partial charge on any atom is 0.272 e. The van der Waals surface area contributed by atoms with E-state index >= 15 is 0 Å². The van der Waals surface area contributed by atoms with Crippen LogP contribution in [0.2, 0.25) is 0 Å². The Balaban J connectivity index is 1.74. The number of aryl methyl sites for hydroxylation is 1. The number of aromatic nitrogens is 1. The van der Waals surface area contributed by atoms with Gasteiger partial charge in [-0.1, -0.05) is 6.07 Å². The molecule has 2 aliphatic rings. The number of piperidine rings is 1. The summed E-state index contributed by atoms with van der Waals surface area (Å²) in [4.78, 5) is 18.7. The summed E-state index contributed by atoms with van der Waals surface area (Å²) in [6.45, 7) is 4.72. The van der Waals surface area contributed by atoms with Crippen LogP contribution in [0, 0.1) is 12.8 Å². The zero-order valence-electron chi connectivity index (χ0n) is 10.7. The molecule has 1 aromatic heterocycles. The molecule has 96 valence electrons. The van der Waals surface area contributed by atoms with E-state index in [4.69, 9.17) is 0 Å². The first kappa shape index (κ1) is 11.7. The lowest BCUT2D eigenvalue weighted by atomic mass is 9.94. The van der Waals surface area contributed by atoms with E-state index in [2.05, 4.69) is 10.3 Å². The van der Waals surface area contributed by atoms with Gasteiger partial charge in [0, 0.05) is 24.8 Å². The third-order valence-corrected chi connectivity index (χ3v) is 3.99. The molecule has 4 nitrogen and oxygen atoms in total. The van der Waals surface area contributed by atoms with Crippen molar-refractivity contribution in [2.24, 2.45) is 5.92 Å². The minimum Gasteiger partial charge on any atom is -0.335 e. The molecule has 2 saturated heterocycles. The number of carbonyl (C=O) groups is 1. The fourth-order valence-electron chi connectivity index (χ4n) is 3.04. The minimum atomic E-state index is 0.0786. The number of fused-ring (bicyclic) bond motifs is 1. The number of amides is 1. The molecule has 1 aromatic rings. The Hall–Kier alpha value is -1.42. The Morgan fingerprint density at radius 3 is 3.11 bits per heavy atom. The quantitative estimate of drug-likeness (QED) is 0.809. The Kier molecular flexibility index (Phi) is 3.04. The summed E-state index contributed by atoms with van der Waals surface area (Å²) in [5.74, 6) is 0.711. The molecule has 2 atom stereocenters. The number of likely N-dealkylation sites (tertiary alicyclic amines) is 1. The summed E-state index contributed by atoms with van der Waals surface area (Å²) < 4.78 is 0. The van der Waals surface area contributed by atoms with E-state index in [-0.39, 0.29) is 5.91 Å². The first-order valence-corrected chi connectivity index (χ1v) is 6.70. The maximum absolute atomic E-state index is 12.4. The van der Waals surface area contributed by atoms with Crippen molar-refractivity contribution in [3.63, 3.8) is 0 Å². The van der Waals surface area contributed by atoms with Gasteiger partial charge in [-0.05, 0) is 44.4 Å². The lowest BCUT2D eigenvalue weighted by Crippen LogP contribution is -2.41. The van der Waals surface area contributed by atoms with Crippen molar-refractivity contribution in [1.82, 2.24) is 15.2 Å². The van der Waals surface area contributed by atoms with E-state index in [9.17, 15) is 4.79 Å². The van der Waals surface area contributed by atoms with Crippen LogP contribution in [-0.2, 0) is 0 Å². The van der Waals surface area contributed by atoms with Gasteiger partial charge in [0.2, 0.25) is 0 Å². The second-order valence-corrected chi connectivity index (χ2v) is 5.34. The Morgan fingerprint density at radius 1 is 1.44 bits per heavy atom. The van der Waals surface area contributed by atoms with Crippen LogP contribution < -0.4 is 5.32 Å².